The topological polar surface area (TPSA) is 88.5 Å². The fourth-order valence-electron chi connectivity index (χ4n) is 1.19. The van der Waals surface area contributed by atoms with E-state index >= 15 is 0 Å². The minimum Gasteiger partial charge on any atom is -0.477 e. The van der Waals surface area contributed by atoms with Crippen molar-refractivity contribution in [3.63, 3.8) is 0 Å². The second-order valence-electron chi connectivity index (χ2n) is 3.49. The molecule has 6 nitrogen and oxygen atoms in total. The van der Waals surface area contributed by atoms with Gasteiger partial charge in [-0.15, -0.1) is 0 Å². The lowest BCUT2D eigenvalue weighted by Crippen LogP contribution is -2.20. The van der Waals surface area contributed by atoms with Gasteiger partial charge in [-0.25, -0.2) is 4.98 Å². The number of nitrogens with zero attached hydrogens (tertiary/aromatic N) is 1. The fraction of sp³-hybridized carbons (Fsp3) is 0.500. The van der Waals surface area contributed by atoms with E-state index < -0.39 is 9.15 Å². The fourth-order valence-corrected chi connectivity index (χ4v) is 2.68. The van der Waals surface area contributed by atoms with Gasteiger partial charge in [0.1, 0.15) is 5.02 Å². The van der Waals surface area contributed by atoms with Crippen LogP contribution in [0.25, 0.3) is 0 Å². The first-order valence-corrected chi connectivity index (χ1v) is 8.87. The third kappa shape index (κ3) is 8.27. The lowest BCUT2D eigenvalue weighted by atomic mass is 10.4. The molecular formula is C10H15ClN2O4S2. The highest BCUT2D eigenvalue weighted by Gasteiger charge is 2.04. The number of pyridine rings is 1. The molecule has 0 aromatic carbocycles. The van der Waals surface area contributed by atoms with Gasteiger partial charge in [0.15, 0.2) is 0 Å². The van der Waals surface area contributed by atoms with Crippen molar-refractivity contribution in [1.29, 1.82) is 0 Å². The van der Waals surface area contributed by atoms with Crippen LogP contribution in [-0.2, 0) is 9.15 Å². The summed E-state index contributed by atoms with van der Waals surface area (Å²) in [6.45, 7) is 1.64. The molecule has 0 atom stereocenters. The van der Waals surface area contributed by atoms with Crippen molar-refractivity contribution >= 4 is 31.5 Å². The van der Waals surface area contributed by atoms with Gasteiger partial charge in [0.2, 0.25) is 5.88 Å². The van der Waals surface area contributed by atoms with Crippen molar-refractivity contribution in [2.75, 3.05) is 25.4 Å². The van der Waals surface area contributed by atoms with Gasteiger partial charge in [-0.3, -0.25) is 4.55 Å². The number of rotatable bonds is 9. The van der Waals surface area contributed by atoms with Crippen LogP contribution in [0.4, 0.5) is 0 Å². The largest absolute Gasteiger partial charge is 0.477 e. The first-order chi connectivity index (χ1) is 8.99. The Kier molecular flexibility index (Phi) is 7.47. The molecule has 9 heteroatoms. The van der Waals surface area contributed by atoms with Crippen LogP contribution in [0.1, 0.15) is 6.42 Å². The molecule has 1 aromatic rings. The van der Waals surface area contributed by atoms with Crippen LogP contribution in [0.3, 0.4) is 0 Å². The Balaban J connectivity index is 2.02. The molecule has 0 spiro atoms. The minimum absolute atomic E-state index is 0.297. The molecule has 0 aliphatic rings. The maximum atomic E-state index is 10.4. The van der Waals surface area contributed by atoms with Crippen LogP contribution in [-0.4, -0.2) is 43.4 Å². The number of hydrogen-bond donors (Lipinski definition) is 2. The van der Waals surface area contributed by atoms with Gasteiger partial charge in [-0.2, -0.15) is 8.42 Å². The molecule has 0 bridgehead atoms. The molecule has 0 fully saturated rings. The van der Waals surface area contributed by atoms with Crippen LogP contribution in [0.5, 0.6) is 5.88 Å². The van der Waals surface area contributed by atoms with Crippen molar-refractivity contribution in [3.8, 4) is 5.88 Å². The molecule has 0 unspecified atom stereocenters. The first-order valence-electron chi connectivity index (χ1n) is 5.55. The highest BCUT2D eigenvalue weighted by atomic mass is 35.5. The predicted octanol–water partition coefficient (Wildman–Crippen LogP) is 1.63. The molecule has 0 saturated heterocycles. The summed E-state index contributed by atoms with van der Waals surface area (Å²) in [6, 6.07) is 3.43. The number of ether oxygens (including phenoxy) is 1. The molecule has 2 N–H and O–H groups in total. The highest BCUT2D eigenvalue weighted by Crippen LogP contribution is 2.19. The summed E-state index contributed by atoms with van der Waals surface area (Å²) in [6.07, 6.45) is 2.34. The molecule has 19 heavy (non-hydrogen) atoms. The van der Waals surface area contributed by atoms with Crippen molar-refractivity contribution in [2.45, 2.75) is 6.42 Å². The quantitative estimate of drug-likeness (QED) is 0.405. The molecule has 1 heterocycles. The molecule has 0 saturated carbocycles. The molecule has 1 rings (SSSR count). The van der Waals surface area contributed by atoms with Gasteiger partial charge >= 0.3 is 9.15 Å². The maximum absolute atomic E-state index is 10.4. The summed E-state index contributed by atoms with van der Waals surface area (Å²) in [4.78, 5) is 3.98. The van der Waals surface area contributed by atoms with E-state index in [0.29, 0.717) is 47.1 Å². The van der Waals surface area contributed by atoms with Gasteiger partial charge in [-0.1, -0.05) is 11.6 Å². The van der Waals surface area contributed by atoms with Gasteiger partial charge in [0.25, 0.3) is 0 Å². The van der Waals surface area contributed by atoms with Crippen molar-refractivity contribution in [3.05, 3.63) is 23.4 Å². The van der Waals surface area contributed by atoms with E-state index in [4.69, 9.17) is 20.9 Å². The third-order valence-corrected chi connectivity index (χ3v) is 4.32. The second-order valence-corrected chi connectivity index (χ2v) is 7.37. The Hall–Kier alpha value is -0.540. The molecule has 0 aliphatic carbocycles. The summed E-state index contributed by atoms with van der Waals surface area (Å²) in [7, 11) is -3.43. The van der Waals surface area contributed by atoms with Crippen molar-refractivity contribution in [1.82, 2.24) is 10.3 Å². The molecule has 108 valence electrons. The number of halogens is 1. The highest BCUT2D eigenvalue weighted by molar-refractivity contribution is 8.69. The maximum Gasteiger partial charge on any atom is 0.319 e. The van der Waals surface area contributed by atoms with Crippen LogP contribution in [0.2, 0.25) is 5.02 Å². The smallest absolute Gasteiger partial charge is 0.319 e. The standard InChI is InChI=1S/C10H15ClN2O4S2/c11-9-3-1-5-13-10(9)17-7-2-4-12-6-8-18-19(14,15)16/h1,3,5,12H,2,4,6-8H2,(H,14,15,16). The molecular weight excluding hydrogens is 312 g/mol. The van der Waals surface area contributed by atoms with Gasteiger partial charge in [0.05, 0.1) is 6.61 Å². The first kappa shape index (κ1) is 16.5. The Morgan fingerprint density at radius 3 is 2.95 bits per heavy atom. The number of hydrogen-bond acceptors (Lipinski definition) is 6. The molecule has 0 radical (unpaired) electrons. The van der Waals surface area contributed by atoms with E-state index in [9.17, 15) is 8.42 Å². The SMILES string of the molecule is O=S(=O)(O)SCCNCCCOc1ncccc1Cl. The molecule has 0 aliphatic heterocycles. The molecule has 0 amide bonds. The van der Waals surface area contributed by atoms with Crippen molar-refractivity contribution < 1.29 is 17.7 Å². The van der Waals surface area contributed by atoms with Crippen LogP contribution in [0, 0.1) is 0 Å². The van der Waals surface area contributed by atoms with Crippen LogP contribution < -0.4 is 10.1 Å². The van der Waals surface area contributed by atoms with E-state index in [1.165, 1.54) is 0 Å². The van der Waals surface area contributed by atoms with Gasteiger partial charge in [0, 0.05) is 18.5 Å². The summed E-state index contributed by atoms with van der Waals surface area (Å²) < 4.78 is 34.7. The van der Waals surface area contributed by atoms with E-state index in [2.05, 4.69) is 10.3 Å². The normalized spacial score (nSPS) is 11.5. The second kappa shape index (κ2) is 8.60. The average molecular weight is 327 g/mol. The lowest BCUT2D eigenvalue weighted by Gasteiger charge is -2.07. The summed E-state index contributed by atoms with van der Waals surface area (Å²) in [5.41, 5.74) is 0. The van der Waals surface area contributed by atoms with E-state index in [0.717, 1.165) is 6.42 Å². The zero-order chi connectivity index (χ0) is 14.1. The van der Waals surface area contributed by atoms with Crippen molar-refractivity contribution in [2.24, 2.45) is 0 Å². The van der Waals surface area contributed by atoms with E-state index in [1.807, 2.05) is 0 Å². The summed E-state index contributed by atoms with van der Waals surface area (Å²) in [5.74, 6) is 0.706. The predicted molar refractivity (Wildman–Crippen MR) is 76.2 cm³/mol. The Bertz CT molecular complexity index is 484. The van der Waals surface area contributed by atoms with Gasteiger partial charge < -0.3 is 10.1 Å². The molecule has 1 aromatic heterocycles. The van der Waals surface area contributed by atoms with E-state index in [-0.39, 0.29) is 0 Å². The van der Waals surface area contributed by atoms with Gasteiger partial charge in [-0.05, 0) is 35.9 Å². The monoisotopic (exact) mass is 326 g/mol. The Morgan fingerprint density at radius 2 is 2.26 bits per heavy atom. The lowest BCUT2D eigenvalue weighted by molar-refractivity contribution is 0.297. The average Bonchev–Trinajstić information content (AvgIpc) is 2.33. The Labute approximate surface area is 121 Å². The summed E-state index contributed by atoms with van der Waals surface area (Å²) in [5, 5.41) is 3.50. The van der Waals surface area contributed by atoms with Crippen LogP contribution in [0.15, 0.2) is 18.3 Å². The zero-order valence-corrected chi connectivity index (χ0v) is 12.5. The number of nitrogens with one attached hydrogen (secondary N) is 1. The number of aromatic nitrogens is 1. The van der Waals surface area contributed by atoms with E-state index in [1.54, 1.807) is 18.3 Å². The zero-order valence-electron chi connectivity index (χ0n) is 10.1. The Morgan fingerprint density at radius 1 is 1.47 bits per heavy atom. The van der Waals surface area contributed by atoms with Crippen LogP contribution >= 0.6 is 22.4 Å². The third-order valence-electron chi connectivity index (χ3n) is 1.97. The minimum atomic E-state index is -3.93. The summed E-state index contributed by atoms with van der Waals surface area (Å²) >= 11 is 5.86.